The number of aromatic nitrogens is 2. The van der Waals surface area contributed by atoms with Gasteiger partial charge in [0.25, 0.3) is 10.0 Å². The predicted molar refractivity (Wildman–Crippen MR) is 84.9 cm³/mol. The summed E-state index contributed by atoms with van der Waals surface area (Å²) in [6.07, 6.45) is 3.00. The number of sulfonamides is 1. The second-order valence-corrected chi connectivity index (χ2v) is 6.57. The number of halogens is 1. The Morgan fingerprint density at radius 3 is 2.86 bits per heavy atom. The molecular weight excluding hydrogens is 326 g/mol. The van der Waals surface area contributed by atoms with E-state index in [1.54, 1.807) is 30.5 Å². The number of anilines is 1. The fourth-order valence-corrected chi connectivity index (χ4v) is 3.57. The molecule has 0 spiro atoms. The lowest BCUT2D eigenvalue weighted by atomic mass is 10.3. The molecule has 8 heteroatoms. The summed E-state index contributed by atoms with van der Waals surface area (Å²) >= 11 is 6.00. The van der Waals surface area contributed by atoms with Crippen molar-refractivity contribution in [3.05, 3.63) is 47.7 Å². The Hall–Kier alpha value is -2.25. The van der Waals surface area contributed by atoms with Gasteiger partial charge in [0.15, 0.2) is 0 Å². The van der Waals surface area contributed by atoms with E-state index < -0.39 is 10.0 Å². The molecular formula is C14H12ClN3O3S. The van der Waals surface area contributed by atoms with Crippen LogP contribution in [0.25, 0.3) is 11.0 Å². The molecule has 0 aliphatic heterocycles. The van der Waals surface area contributed by atoms with Crippen molar-refractivity contribution in [2.45, 2.75) is 4.90 Å². The van der Waals surface area contributed by atoms with Gasteiger partial charge in [0.2, 0.25) is 0 Å². The van der Waals surface area contributed by atoms with Gasteiger partial charge in [0, 0.05) is 17.8 Å². The molecule has 0 atom stereocenters. The average molecular weight is 338 g/mol. The van der Waals surface area contributed by atoms with Crippen LogP contribution in [0.3, 0.4) is 0 Å². The summed E-state index contributed by atoms with van der Waals surface area (Å²) in [4.78, 5) is 7.03. The zero-order chi connectivity index (χ0) is 15.7. The monoisotopic (exact) mass is 337 g/mol. The first-order chi connectivity index (χ1) is 10.5. The highest BCUT2D eigenvalue weighted by Gasteiger charge is 2.19. The summed E-state index contributed by atoms with van der Waals surface area (Å²) in [5.41, 5.74) is 0.861. The molecule has 1 aromatic carbocycles. The van der Waals surface area contributed by atoms with Crippen LogP contribution in [0.1, 0.15) is 0 Å². The Morgan fingerprint density at radius 1 is 1.32 bits per heavy atom. The SMILES string of the molecule is COc1ccc(NS(=O)(=O)c2c[nH]c3ncccc23)cc1Cl. The number of pyridine rings is 1. The quantitative estimate of drug-likeness (QED) is 0.766. The first-order valence-electron chi connectivity index (χ1n) is 6.30. The molecule has 0 saturated carbocycles. The molecule has 0 radical (unpaired) electrons. The third-order valence-corrected chi connectivity index (χ3v) is 4.82. The van der Waals surface area contributed by atoms with Gasteiger partial charge in [-0.15, -0.1) is 0 Å². The van der Waals surface area contributed by atoms with Crippen molar-refractivity contribution in [1.29, 1.82) is 0 Å². The van der Waals surface area contributed by atoms with E-state index in [1.165, 1.54) is 19.4 Å². The highest BCUT2D eigenvalue weighted by atomic mass is 35.5. The van der Waals surface area contributed by atoms with Crippen molar-refractivity contribution < 1.29 is 13.2 Å². The van der Waals surface area contributed by atoms with Crippen LogP contribution in [0.2, 0.25) is 5.02 Å². The van der Waals surface area contributed by atoms with E-state index in [4.69, 9.17) is 16.3 Å². The van der Waals surface area contributed by atoms with Crippen LogP contribution in [-0.2, 0) is 10.0 Å². The lowest BCUT2D eigenvalue weighted by Gasteiger charge is -2.09. The second kappa shape index (κ2) is 5.51. The van der Waals surface area contributed by atoms with Crippen LogP contribution >= 0.6 is 11.6 Å². The number of hydrogen-bond donors (Lipinski definition) is 2. The van der Waals surface area contributed by atoms with E-state index in [9.17, 15) is 8.42 Å². The maximum atomic E-state index is 12.5. The van der Waals surface area contributed by atoms with Gasteiger partial charge in [-0.3, -0.25) is 4.72 Å². The Morgan fingerprint density at radius 2 is 2.14 bits per heavy atom. The van der Waals surface area contributed by atoms with Crippen LogP contribution in [0.5, 0.6) is 5.75 Å². The van der Waals surface area contributed by atoms with Crippen LogP contribution in [-0.4, -0.2) is 25.5 Å². The number of H-pyrrole nitrogens is 1. The van der Waals surface area contributed by atoms with E-state index in [0.717, 1.165) is 0 Å². The fraction of sp³-hybridized carbons (Fsp3) is 0.0714. The van der Waals surface area contributed by atoms with Crippen LogP contribution in [0, 0.1) is 0 Å². The van der Waals surface area contributed by atoms with Gasteiger partial charge in [-0.1, -0.05) is 11.6 Å². The molecule has 114 valence electrons. The number of nitrogens with zero attached hydrogens (tertiary/aromatic N) is 1. The Labute approximate surface area is 132 Å². The van der Waals surface area contributed by atoms with Crippen molar-refractivity contribution in [3.63, 3.8) is 0 Å². The minimum Gasteiger partial charge on any atom is -0.495 e. The number of hydrogen-bond acceptors (Lipinski definition) is 4. The van der Waals surface area contributed by atoms with Crippen molar-refractivity contribution in [2.24, 2.45) is 0 Å². The van der Waals surface area contributed by atoms with Gasteiger partial charge >= 0.3 is 0 Å². The maximum absolute atomic E-state index is 12.5. The van der Waals surface area contributed by atoms with Crippen molar-refractivity contribution in [2.75, 3.05) is 11.8 Å². The summed E-state index contributed by atoms with van der Waals surface area (Å²) in [7, 11) is -2.26. The van der Waals surface area contributed by atoms with Gasteiger partial charge in [0.05, 0.1) is 17.8 Å². The van der Waals surface area contributed by atoms with Crippen LogP contribution < -0.4 is 9.46 Å². The maximum Gasteiger partial charge on any atom is 0.264 e. The van der Waals surface area contributed by atoms with Crippen molar-refractivity contribution in [3.8, 4) is 5.75 Å². The molecule has 6 nitrogen and oxygen atoms in total. The molecule has 0 aliphatic rings. The highest BCUT2D eigenvalue weighted by Crippen LogP contribution is 2.29. The fourth-order valence-electron chi connectivity index (χ4n) is 2.09. The molecule has 3 aromatic rings. The van der Waals surface area contributed by atoms with Crippen LogP contribution in [0.4, 0.5) is 5.69 Å². The molecule has 0 unspecified atom stereocenters. The predicted octanol–water partition coefficient (Wildman–Crippen LogP) is 3.03. The number of ether oxygens (including phenoxy) is 1. The molecule has 0 aliphatic carbocycles. The first-order valence-corrected chi connectivity index (χ1v) is 8.16. The van der Waals surface area contributed by atoms with Gasteiger partial charge in [-0.2, -0.15) is 0 Å². The molecule has 2 aromatic heterocycles. The summed E-state index contributed by atoms with van der Waals surface area (Å²) in [5.74, 6) is 0.473. The minimum atomic E-state index is -3.75. The third kappa shape index (κ3) is 2.60. The molecule has 2 N–H and O–H groups in total. The molecule has 0 fully saturated rings. The number of nitrogens with one attached hydrogen (secondary N) is 2. The van der Waals surface area contributed by atoms with E-state index >= 15 is 0 Å². The van der Waals surface area contributed by atoms with Gasteiger partial charge in [-0.05, 0) is 30.3 Å². The molecule has 0 saturated heterocycles. The average Bonchev–Trinajstić information content (AvgIpc) is 2.92. The van der Waals surface area contributed by atoms with Crippen LogP contribution in [0.15, 0.2) is 47.6 Å². The zero-order valence-electron chi connectivity index (χ0n) is 11.5. The lowest BCUT2D eigenvalue weighted by Crippen LogP contribution is -2.12. The standard InChI is InChI=1S/C14H12ClN3O3S/c1-21-12-5-4-9(7-11(12)15)18-22(19,20)13-8-17-14-10(13)3-2-6-16-14/h2-8,18H,1H3,(H,16,17). The molecule has 22 heavy (non-hydrogen) atoms. The van der Waals surface area contributed by atoms with E-state index in [2.05, 4.69) is 14.7 Å². The normalized spacial score (nSPS) is 11.5. The smallest absolute Gasteiger partial charge is 0.264 e. The lowest BCUT2D eigenvalue weighted by molar-refractivity contribution is 0.415. The number of fused-ring (bicyclic) bond motifs is 1. The van der Waals surface area contributed by atoms with E-state index in [0.29, 0.717) is 27.5 Å². The van der Waals surface area contributed by atoms with E-state index in [-0.39, 0.29) is 4.90 Å². The number of aromatic amines is 1. The number of benzene rings is 1. The summed E-state index contributed by atoms with van der Waals surface area (Å²) in [6.45, 7) is 0. The zero-order valence-corrected chi connectivity index (χ0v) is 13.1. The Bertz CT molecular complexity index is 937. The second-order valence-electron chi connectivity index (χ2n) is 4.51. The third-order valence-electron chi connectivity index (χ3n) is 3.11. The highest BCUT2D eigenvalue weighted by molar-refractivity contribution is 7.93. The first kappa shape index (κ1) is 14.7. The molecule has 3 rings (SSSR count). The molecule has 0 bridgehead atoms. The largest absolute Gasteiger partial charge is 0.495 e. The summed E-state index contributed by atoms with van der Waals surface area (Å²) in [6, 6.07) is 8.03. The number of rotatable bonds is 4. The number of methoxy groups -OCH3 is 1. The topological polar surface area (TPSA) is 84.1 Å². The molecule has 0 amide bonds. The molecule has 2 heterocycles. The van der Waals surface area contributed by atoms with Gasteiger partial charge in [0.1, 0.15) is 16.3 Å². The van der Waals surface area contributed by atoms with Crippen molar-refractivity contribution >= 4 is 38.3 Å². The van der Waals surface area contributed by atoms with Gasteiger partial charge < -0.3 is 9.72 Å². The van der Waals surface area contributed by atoms with Gasteiger partial charge in [-0.25, -0.2) is 13.4 Å². The van der Waals surface area contributed by atoms with E-state index in [1.807, 2.05) is 0 Å². The summed E-state index contributed by atoms with van der Waals surface area (Å²) in [5, 5.41) is 0.845. The Kier molecular flexibility index (Phi) is 3.67. The summed E-state index contributed by atoms with van der Waals surface area (Å²) < 4.78 is 32.5. The Balaban J connectivity index is 1.98. The minimum absolute atomic E-state index is 0.127. The van der Waals surface area contributed by atoms with Crippen molar-refractivity contribution in [1.82, 2.24) is 9.97 Å².